The largest absolute Gasteiger partial charge is 0.469 e. The molecule has 0 saturated carbocycles. The fraction of sp³-hybridized carbons (Fsp3) is 0.133. The molecule has 4 aromatic rings. The molecule has 1 atom stereocenters. The van der Waals surface area contributed by atoms with Crippen molar-refractivity contribution in [3.05, 3.63) is 119 Å². The van der Waals surface area contributed by atoms with Gasteiger partial charge in [-0.25, -0.2) is 9.36 Å². The monoisotopic (exact) mass is 677 g/mol. The van der Waals surface area contributed by atoms with Crippen LogP contribution in [0.2, 0.25) is 5.02 Å². The zero-order valence-corrected chi connectivity index (χ0v) is 25.5. The number of aromatic nitrogens is 1. The molecule has 1 aromatic heterocycles. The fourth-order valence-corrected chi connectivity index (χ4v) is 6.16. The van der Waals surface area contributed by atoms with Gasteiger partial charge in [-0.15, -0.1) is 0 Å². The number of carbonyl (C=O) groups is 2. The number of hydrogen-bond donors (Lipinski definition) is 4. The van der Waals surface area contributed by atoms with Crippen LogP contribution in [0.15, 0.2) is 97.2 Å². The SMILES string of the molecule is O=C(Nc1cn(C(=O)c2ccccc2COP(=O)(O)O)c2ccc(Cl)cc12)NC1(SC(F)(F)F)C=CC(c2ccccc2)=CC1. The molecule has 0 fully saturated rings. The molecule has 0 bridgehead atoms. The zero-order valence-electron chi connectivity index (χ0n) is 23.0. The number of halogens is 4. The number of phosphoric ester groups is 1. The standard InChI is InChI=1S/C30H24ClF3N3O6PS/c31-22-10-11-26-24(16-22)25(17-37(26)27(38)23-9-5-4-8-21(23)18-43-44(40,41)42)35-28(39)36-29(45-30(32,33)34)14-12-20(13-15-29)19-6-2-1-3-7-19/h1-14,16-17H,15,18H2,(H2,35,36,39)(H2,40,41,42). The van der Waals surface area contributed by atoms with Gasteiger partial charge in [0.15, 0.2) is 0 Å². The van der Waals surface area contributed by atoms with Crippen molar-refractivity contribution in [3.8, 4) is 0 Å². The summed E-state index contributed by atoms with van der Waals surface area (Å²) in [5.74, 6) is -0.626. The zero-order chi connectivity index (χ0) is 32.4. The number of rotatable bonds is 8. The number of fused-ring (bicyclic) bond motifs is 1. The van der Waals surface area contributed by atoms with E-state index in [2.05, 4.69) is 15.2 Å². The van der Waals surface area contributed by atoms with Crippen LogP contribution in [0.3, 0.4) is 0 Å². The van der Waals surface area contributed by atoms with E-state index in [0.717, 1.165) is 5.56 Å². The Kier molecular flexibility index (Phi) is 9.31. The van der Waals surface area contributed by atoms with Crippen LogP contribution >= 0.6 is 31.2 Å². The molecule has 1 aliphatic carbocycles. The minimum atomic E-state index is -4.83. The highest BCUT2D eigenvalue weighted by Gasteiger charge is 2.43. The van der Waals surface area contributed by atoms with Gasteiger partial charge in [0.25, 0.3) is 5.91 Å². The fourth-order valence-electron chi connectivity index (χ4n) is 4.82. The lowest BCUT2D eigenvalue weighted by Crippen LogP contribution is -2.48. The van der Waals surface area contributed by atoms with Crippen molar-refractivity contribution in [2.45, 2.75) is 23.4 Å². The summed E-state index contributed by atoms with van der Waals surface area (Å²) in [5, 5.41) is 5.58. The predicted molar refractivity (Wildman–Crippen MR) is 167 cm³/mol. The smallest absolute Gasteiger partial charge is 0.319 e. The third kappa shape index (κ3) is 8.06. The van der Waals surface area contributed by atoms with Crippen LogP contribution in [0, 0.1) is 0 Å². The lowest BCUT2D eigenvalue weighted by molar-refractivity contribution is -0.0341. The van der Waals surface area contributed by atoms with E-state index in [4.69, 9.17) is 21.4 Å². The molecular formula is C30H24ClF3N3O6PS. The summed E-state index contributed by atoms with van der Waals surface area (Å²) in [4.78, 5) is 43.3. The molecule has 1 aliphatic rings. The average molecular weight is 678 g/mol. The van der Waals surface area contributed by atoms with Gasteiger partial charge in [-0.1, -0.05) is 72.3 Å². The normalized spacial score (nSPS) is 16.8. The van der Waals surface area contributed by atoms with E-state index in [1.54, 1.807) is 18.2 Å². The van der Waals surface area contributed by atoms with Crippen molar-refractivity contribution in [1.29, 1.82) is 0 Å². The van der Waals surface area contributed by atoms with E-state index < -0.39 is 36.7 Å². The number of carbonyl (C=O) groups excluding carboxylic acids is 2. The Balaban J connectivity index is 1.43. The van der Waals surface area contributed by atoms with E-state index in [1.807, 2.05) is 30.3 Å². The number of nitrogens with one attached hydrogen (secondary N) is 2. The van der Waals surface area contributed by atoms with E-state index >= 15 is 0 Å². The minimum absolute atomic E-state index is 0.0580. The van der Waals surface area contributed by atoms with Gasteiger partial charge in [0.2, 0.25) is 0 Å². The first kappa shape index (κ1) is 32.6. The van der Waals surface area contributed by atoms with Crippen molar-refractivity contribution >= 4 is 65.3 Å². The Morgan fingerprint density at radius 3 is 2.44 bits per heavy atom. The second-order valence-electron chi connectivity index (χ2n) is 9.88. The second-order valence-corrected chi connectivity index (χ2v) is 13.0. The summed E-state index contributed by atoms with van der Waals surface area (Å²) in [6.45, 7) is -0.558. The summed E-state index contributed by atoms with van der Waals surface area (Å²) in [7, 11) is -4.83. The van der Waals surface area contributed by atoms with Crippen LogP contribution in [0.5, 0.6) is 0 Å². The molecule has 0 saturated heterocycles. The molecular weight excluding hydrogens is 654 g/mol. The summed E-state index contributed by atoms with van der Waals surface area (Å²) < 4.78 is 58.0. The first-order chi connectivity index (χ1) is 21.2. The van der Waals surface area contributed by atoms with Gasteiger partial charge in [0, 0.05) is 28.6 Å². The second kappa shape index (κ2) is 12.9. The molecule has 1 unspecified atom stereocenters. The van der Waals surface area contributed by atoms with E-state index in [9.17, 15) is 27.3 Å². The van der Waals surface area contributed by atoms with Gasteiger partial charge in [0.05, 0.1) is 17.8 Å². The molecule has 1 heterocycles. The van der Waals surface area contributed by atoms with Crippen LogP contribution in [0.25, 0.3) is 16.5 Å². The number of anilines is 1. The molecule has 5 rings (SSSR count). The average Bonchev–Trinajstić information content (AvgIpc) is 3.32. The lowest BCUT2D eigenvalue weighted by atomic mass is 9.97. The van der Waals surface area contributed by atoms with Crippen molar-refractivity contribution in [2.24, 2.45) is 0 Å². The van der Waals surface area contributed by atoms with Gasteiger partial charge in [-0.3, -0.25) is 13.9 Å². The summed E-state index contributed by atoms with van der Waals surface area (Å²) in [6.07, 6.45) is 5.57. The topological polar surface area (TPSA) is 130 Å². The van der Waals surface area contributed by atoms with Gasteiger partial charge in [-0.2, -0.15) is 13.2 Å². The molecule has 0 radical (unpaired) electrons. The number of alkyl halides is 3. The Morgan fingerprint density at radius 1 is 1.07 bits per heavy atom. The van der Waals surface area contributed by atoms with Crippen molar-refractivity contribution in [2.75, 3.05) is 5.32 Å². The number of amides is 2. The number of urea groups is 1. The molecule has 9 nitrogen and oxygen atoms in total. The molecule has 45 heavy (non-hydrogen) atoms. The maximum atomic E-state index is 13.7. The Labute approximate surface area is 264 Å². The molecule has 4 N–H and O–H groups in total. The highest BCUT2D eigenvalue weighted by atomic mass is 35.5. The number of thioether (sulfide) groups is 1. The van der Waals surface area contributed by atoms with E-state index in [-0.39, 0.29) is 40.0 Å². The maximum Gasteiger partial charge on any atom is 0.469 e. The Bertz CT molecular complexity index is 1880. The summed E-state index contributed by atoms with van der Waals surface area (Å²) in [5.41, 5.74) is -2.53. The molecule has 0 spiro atoms. The van der Waals surface area contributed by atoms with Crippen molar-refractivity contribution in [1.82, 2.24) is 9.88 Å². The summed E-state index contributed by atoms with van der Waals surface area (Å²) >= 11 is 5.83. The first-order valence-corrected chi connectivity index (χ1v) is 15.9. The number of benzene rings is 3. The van der Waals surface area contributed by atoms with Gasteiger partial charge >= 0.3 is 19.4 Å². The number of allylic oxidation sites excluding steroid dienone is 2. The van der Waals surface area contributed by atoms with Crippen LogP contribution in [-0.2, 0) is 15.7 Å². The molecule has 3 aromatic carbocycles. The number of nitrogens with zero attached hydrogens (tertiary/aromatic N) is 1. The highest BCUT2D eigenvalue weighted by Crippen LogP contribution is 2.45. The van der Waals surface area contributed by atoms with Crippen LogP contribution in [-0.4, -0.2) is 36.7 Å². The van der Waals surface area contributed by atoms with Gasteiger partial charge < -0.3 is 20.4 Å². The van der Waals surface area contributed by atoms with Crippen LogP contribution < -0.4 is 10.6 Å². The van der Waals surface area contributed by atoms with Crippen molar-refractivity contribution in [3.63, 3.8) is 0 Å². The van der Waals surface area contributed by atoms with Crippen molar-refractivity contribution < 1.29 is 41.6 Å². The van der Waals surface area contributed by atoms with Crippen LogP contribution in [0.4, 0.5) is 23.7 Å². The molecule has 234 valence electrons. The third-order valence-electron chi connectivity index (χ3n) is 6.76. The predicted octanol–water partition coefficient (Wildman–Crippen LogP) is 7.71. The quantitative estimate of drug-likeness (QED) is 0.111. The van der Waals surface area contributed by atoms with Crippen LogP contribution in [0.1, 0.15) is 27.9 Å². The van der Waals surface area contributed by atoms with E-state index in [1.165, 1.54) is 53.2 Å². The third-order valence-corrected chi connectivity index (χ3v) is 8.46. The summed E-state index contributed by atoms with van der Waals surface area (Å²) in [6, 6.07) is 18.7. The molecule has 2 amide bonds. The van der Waals surface area contributed by atoms with E-state index in [0.29, 0.717) is 16.5 Å². The molecule has 0 aliphatic heterocycles. The Morgan fingerprint density at radius 2 is 1.78 bits per heavy atom. The first-order valence-electron chi connectivity index (χ1n) is 13.2. The van der Waals surface area contributed by atoms with Gasteiger partial charge in [0.1, 0.15) is 4.87 Å². The maximum absolute atomic E-state index is 13.7. The Hall–Kier alpha value is -3.84. The van der Waals surface area contributed by atoms with Gasteiger partial charge in [-0.05, 0) is 58.8 Å². The lowest BCUT2D eigenvalue weighted by Gasteiger charge is -2.33. The number of phosphoric acid groups is 1. The number of hydrogen-bond acceptors (Lipinski definition) is 5. The molecule has 15 heteroatoms. The minimum Gasteiger partial charge on any atom is -0.319 e. The highest BCUT2D eigenvalue weighted by molar-refractivity contribution is 8.01.